The number of amides is 1. The van der Waals surface area contributed by atoms with Crippen molar-refractivity contribution in [2.24, 2.45) is 0 Å². The first kappa shape index (κ1) is 13.4. The topological polar surface area (TPSA) is 50.4 Å². The highest BCUT2D eigenvalue weighted by Gasteiger charge is 2.13. The maximum Gasteiger partial charge on any atom is 0.236 e. The van der Waals surface area contributed by atoms with Gasteiger partial charge in [0.1, 0.15) is 0 Å². The summed E-state index contributed by atoms with van der Waals surface area (Å²) in [7, 11) is 1.62. The number of methoxy groups -OCH3 is 1. The van der Waals surface area contributed by atoms with Gasteiger partial charge in [0.15, 0.2) is 0 Å². The molecule has 0 radical (unpaired) electrons. The quantitative estimate of drug-likeness (QED) is 0.592. The van der Waals surface area contributed by atoms with Gasteiger partial charge in [0.2, 0.25) is 5.91 Å². The van der Waals surface area contributed by atoms with Crippen LogP contribution in [0.3, 0.4) is 0 Å². The predicted molar refractivity (Wildman–Crippen MR) is 57.2 cm³/mol. The Morgan fingerprint density at radius 2 is 2.07 bits per heavy atom. The third-order valence-electron chi connectivity index (χ3n) is 2.15. The third-order valence-corrected chi connectivity index (χ3v) is 2.15. The number of hydrogen-bond acceptors (Lipinski definition) is 3. The van der Waals surface area contributed by atoms with Gasteiger partial charge in [-0.15, -0.1) is 0 Å². The van der Waals surface area contributed by atoms with Crippen LogP contribution in [0, 0.1) is 0 Å². The molecule has 0 fully saturated rings. The minimum atomic E-state index is -0.137. The van der Waals surface area contributed by atoms with Gasteiger partial charge in [-0.25, -0.2) is 0 Å². The van der Waals surface area contributed by atoms with Gasteiger partial charge >= 0.3 is 0 Å². The van der Waals surface area contributed by atoms with E-state index in [9.17, 15) is 4.79 Å². The summed E-state index contributed by atoms with van der Waals surface area (Å²) in [6.07, 6.45) is 1.02. The Morgan fingerprint density at radius 3 is 2.57 bits per heavy atom. The van der Waals surface area contributed by atoms with Gasteiger partial charge in [-0.3, -0.25) is 4.79 Å². The highest BCUT2D eigenvalue weighted by molar-refractivity contribution is 5.81. The highest BCUT2D eigenvalue weighted by Crippen LogP contribution is 1.91. The lowest BCUT2D eigenvalue weighted by Crippen LogP contribution is -2.46. The van der Waals surface area contributed by atoms with Crippen molar-refractivity contribution in [2.75, 3.05) is 20.3 Å². The van der Waals surface area contributed by atoms with E-state index in [1.165, 1.54) is 0 Å². The lowest BCUT2D eigenvalue weighted by Gasteiger charge is -2.18. The van der Waals surface area contributed by atoms with Gasteiger partial charge < -0.3 is 15.4 Å². The summed E-state index contributed by atoms with van der Waals surface area (Å²) in [5.74, 6) is 0.0300. The maximum atomic E-state index is 11.4. The summed E-state index contributed by atoms with van der Waals surface area (Å²) >= 11 is 0. The second kappa shape index (κ2) is 7.76. The average molecular weight is 202 g/mol. The number of hydrogen-bond donors (Lipinski definition) is 2. The van der Waals surface area contributed by atoms with Crippen LogP contribution in [0.25, 0.3) is 0 Å². The van der Waals surface area contributed by atoms with Crippen molar-refractivity contribution in [1.29, 1.82) is 0 Å². The minimum Gasteiger partial charge on any atom is -0.383 e. The molecule has 0 spiro atoms. The molecule has 1 amide bonds. The third kappa shape index (κ3) is 5.94. The Morgan fingerprint density at radius 1 is 1.43 bits per heavy atom. The summed E-state index contributed by atoms with van der Waals surface area (Å²) in [5.41, 5.74) is 0. The highest BCUT2D eigenvalue weighted by atomic mass is 16.5. The summed E-state index contributed by atoms with van der Waals surface area (Å²) in [4.78, 5) is 11.4. The van der Waals surface area contributed by atoms with Crippen molar-refractivity contribution in [3.63, 3.8) is 0 Å². The minimum absolute atomic E-state index is 0.0300. The molecule has 0 aliphatic heterocycles. The number of rotatable bonds is 7. The maximum absolute atomic E-state index is 11.4. The van der Waals surface area contributed by atoms with Gasteiger partial charge in [0, 0.05) is 19.7 Å². The first-order chi connectivity index (χ1) is 6.61. The van der Waals surface area contributed by atoms with E-state index in [0.29, 0.717) is 19.2 Å². The Bertz CT molecular complexity index is 162. The van der Waals surface area contributed by atoms with Gasteiger partial charge in [-0.05, 0) is 20.3 Å². The van der Waals surface area contributed by atoms with E-state index >= 15 is 0 Å². The van der Waals surface area contributed by atoms with Crippen molar-refractivity contribution < 1.29 is 9.53 Å². The molecule has 0 aromatic heterocycles. The summed E-state index contributed by atoms with van der Waals surface area (Å²) in [6, 6.07) is 0.236. The van der Waals surface area contributed by atoms with Crippen LogP contribution in [0.2, 0.25) is 0 Å². The number of ether oxygens (including phenoxy) is 1. The molecule has 0 bridgehead atoms. The predicted octanol–water partition coefficient (Wildman–Crippen LogP) is 0.526. The molecule has 0 rings (SSSR count). The van der Waals surface area contributed by atoms with Gasteiger partial charge in [-0.1, -0.05) is 6.92 Å². The molecule has 14 heavy (non-hydrogen) atoms. The Kier molecular flexibility index (Phi) is 7.42. The largest absolute Gasteiger partial charge is 0.383 e. The van der Waals surface area contributed by atoms with Crippen LogP contribution in [0.1, 0.15) is 27.2 Å². The monoisotopic (exact) mass is 202 g/mol. The lowest BCUT2D eigenvalue weighted by molar-refractivity contribution is -0.123. The Labute approximate surface area is 86.4 Å². The molecule has 0 aromatic carbocycles. The zero-order chi connectivity index (χ0) is 11.0. The van der Waals surface area contributed by atoms with E-state index in [1.807, 2.05) is 6.92 Å². The standard InChI is InChI=1S/C10H22N2O2/c1-5-8(2)12-9(3)10(13)11-6-7-14-4/h8-9,12H,5-7H2,1-4H3,(H,11,13). The van der Waals surface area contributed by atoms with Gasteiger partial charge in [0.25, 0.3) is 0 Å². The van der Waals surface area contributed by atoms with E-state index in [4.69, 9.17) is 4.74 Å². The van der Waals surface area contributed by atoms with E-state index in [1.54, 1.807) is 7.11 Å². The number of nitrogens with one attached hydrogen (secondary N) is 2. The summed E-state index contributed by atoms with van der Waals surface area (Å²) in [5, 5.41) is 5.99. The molecule has 2 N–H and O–H groups in total. The zero-order valence-corrected chi connectivity index (χ0v) is 9.59. The Balaban J connectivity index is 3.64. The number of carbonyl (C=O) groups excluding carboxylic acids is 1. The second-order valence-electron chi connectivity index (χ2n) is 3.48. The molecule has 0 saturated heterocycles. The van der Waals surface area contributed by atoms with Crippen LogP contribution in [0.5, 0.6) is 0 Å². The molecule has 0 aliphatic rings. The fourth-order valence-corrected chi connectivity index (χ4v) is 1.05. The van der Waals surface area contributed by atoms with Crippen molar-refractivity contribution in [2.45, 2.75) is 39.3 Å². The fourth-order valence-electron chi connectivity index (χ4n) is 1.05. The fraction of sp³-hybridized carbons (Fsp3) is 0.900. The van der Waals surface area contributed by atoms with Gasteiger partial charge in [0.05, 0.1) is 12.6 Å². The van der Waals surface area contributed by atoms with Crippen LogP contribution >= 0.6 is 0 Å². The van der Waals surface area contributed by atoms with Crippen molar-refractivity contribution in [3.8, 4) is 0 Å². The molecular formula is C10H22N2O2. The normalized spacial score (nSPS) is 14.9. The second-order valence-corrected chi connectivity index (χ2v) is 3.48. The van der Waals surface area contributed by atoms with Crippen LogP contribution < -0.4 is 10.6 Å². The zero-order valence-electron chi connectivity index (χ0n) is 9.59. The van der Waals surface area contributed by atoms with Crippen molar-refractivity contribution in [1.82, 2.24) is 10.6 Å². The number of carbonyl (C=O) groups is 1. The average Bonchev–Trinajstić information content (AvgIpc) is 2.17. The molecule has 4 heteroatoms. The van der Waals surface area contributed by atoms with E-state index < -0.39 is 0 Å². The Hall–Kier alpha value is -0.610. The van der Waals surface area contributed by atoms with Crippen LogP contribution in [0.15, 0.2) is 0 Å². The molecule has 0 saturated carbocycles. The van der Waals surface area contributed by atoms with E-state index in [0.717, 1.165) is 6.42 Å². The smallest absolute Gasteiger partial charge is 0.236 e. The molecule has 4 nitrogen and oxygen atoms in total. The lowest BCUT2D eigenvalue weighted by atomic mass is 10.2. The van der Waals surface area contributed by atoms with E-state index in [2.05, 4.69) is 24.5 Å². The molecular weight excluding hydrogens is 180 g/mol. The van der Waals surface area contributed by atoms with Crippen LogP contribution in [0.4, 0.5) is 0 Å². The van der Waals surface area contributed by atoms with Crippen LogP contribution in [-0.2, 0) is 9.53 Å². The van der Waals surface area contributed by atoms with Crippen molar-refractivity contribution in [3.05, 3.63) is 0 Å². The molecule has 84 valence electrons. The molecule has 2 atom stereocenters. The summed E-state index contributed by atoms with van der Waals surface area (Å²) < 4.78 is 4.84. The summed E-state index contributed by atoms with van der Waals surface area (Å²) in [6.45, 7) is 7.16. The SMILES string of the molecule is CCC(C)NC(C)C(=O)NCCOC. The van der Waals surface area contributed by atoms with Crippen molar-refractivity contribution >= 4 is 5.91 Å². The van der Waals surface area contributed by atoms with Crippen LogP contribution in [-0.4, -0.2) is 38.3 Å². The first-order valence-electron chi connectivity index (χ1n) is 5.14. The molecule has 0 heterocycles. The van der Waals surface area contributed by atoms with E-state index in [-0.39, 0.29) is 11.9 Å². The molecule has 0 aromatic rings. The molecule has 0 aliphatic carbocycles. The van der Waals surface area contributed by atoms with Gasteiger partial charge in [-0.2, -0.15) is 0 Å². The first-order valence-corrected chi connectivity index (χ1v) is 5.14. The molecule has 2 unspecified atom stereocenters.